The van der Waals surface area contributed by atoms with E-state index >= 15 is 0 Å². The van der Waals surface area contributed by atoms with Gasteiger partial charge in [0.2, 0.25) is 11.9 Å². The van der Waals surface area contributed by atoms with Gasteiger partial charge in [-0.2, -0.15) is 4.99 Å². The summed E-state index contributed by atoms with van der Waals surface area (Å²) in [4.78, 5) is 19.9. The summed E-state index contributed by atoms with van der Waals surface area (Å²) in [5.74, 6) is 0.121. The second kappa shape index (κ2) is 4.64. The van der Waals surface area contributed by atoms with E-state index in [-0.39, 0.29) is 17.6 Å². The van der Waals surface area contributed by atoms with Crippen molar-refractivity contribution in [3.63, 3.8) is 0 Å². The highest BCUT2D eigenvalue weighted by Crippen LogP contribution is 2.35. The maximum absolute atomic E-state index is 10.9. The molecule has 0 saturated carbocycles. The van der Waals surface area contributed by atoms with Crippen LogP contribution in [-0.4, -0.2) is 22.5 Å². The molecule has 0 atom stereocenters. The summed E-state index contributed by atoms with van der Waals surface area (Å²) in [6, 6.07) is 4.07. The standard InChI is InChI=1S/C11H13ClN6O2/c1-11(2)16-9(13)15-10(14)17(11)8-5-6(18(19)20)3-4-7(8)12/h3-5H,1-2H3,(H4,13,14,15,16). The largest absolute Gasteiger partial charge is 0.369 e. The molecule has 0 amide bonds. The number of nitrogens with zero attached hydrogens (tertiary/aromatic N) is 4. The fraction of sp³-hybridized carbons (Fsp3) is 0.273. The number of anilines is 1. The van der Waals surface area contributed by atoms with Crippen LogP contribution in [0.4, 0.5) is 11.4 Å². The predicted molar refractivity (Wildman–Crippen MR) is 77.9 cm³/mol. The third-order valence-corrected chi connectivity index (χ3v) is 3.09. The Bertz CT molecular complexity index is 640. The van der Waals surface area contributed by atoms with Crippen molar-refractivity contribution in [2.75, 3.05) is 4.90 Å². The SMILES string of the molecule is CC1(C)N=C(N)N=C(N)N1c1cc([N+](=O)[O-])ccc1Cl. The molecule has 0 aromatic heterocycles. The topological polar surface area (TPSA) is 123 Å². The van der Waals surface area contributed by atoms with Crippen LogP contribution in [0.3, 0.4) is 0 Å². The van der Waals surface area contributed by atoms with Crippen LogP contribution in [0.2, 0.25) is 5.02 Å². The molecule has 1 aromatic rings. The molecular formula is C11H13ClN6O2. The van der Waals surface area contributed by atoms with Crippen molar-refractivity contribution in [2.45, 2.75) is 19.5 Å². The Balaban J connectivity index is 2.59. The second-order valence-corrected chi connectivity index (χ2v) is 5.07. The van der Waals surface area contributed by atoms with E-state index in [1.165, 1.54) is 23.1 Å². The van der Waals surface area contributed by atoms with Crippen molar-refractivity contribution < 1.29 is 4.92 Å². The fourth-order valence-electron chi connectivity index (χ4n) is 2.01. The number of benzene rings is 1. The molecule has 0 radical (unpaired) electrons. The van der Waals surface area contributed by atoms with Crippen LogP contribution < -0.4 is 16.4 Å². The summed E-state index contributed by atoms with van der Waals surface area (Å²) < 4.78 is 0. The Morgan fingerprint density at radius 1 is 1.40 bits per heavy atom. The molecule has 1 aliphatic rings. The maximum Gasteiger partial charge on any atom is 0.271 e. The van der Waals surface area contributed by atoms with Gasteiger partial charge in [-0.3, -0.25) is 15.0 Å². The number of halogens is 1. The highest BCUT2D eigenvalue weighted by atomic mass is 35.5. The van der Waals surface area contributed by atoms with Crippen molar-refractivity contribution in [1.82, 2.24) is 0 Å². The molecule has 2 rings (SSSR count). The van der Waals surface area contributed by atoms with Crippen molar-refractivity contribution in [3.05, 3.63) is 33.3 Å². The summed E-state index contributed by atoms with van der Waals surface area (Å²) in [7, 11) is 0. The number of guanidine groups is 2. The van der Waals surface area contributed by atoms with Crippen LogP contribution in [0, 0.1) is 10.1 Å². The first kappa shape index (κ1) is 14.1. The van der Waals surface area contributed by atoms with E-state index in [2.05, 4.69) is 9.98 Å². The first-order chi connectivity index (χ1) is 9.22. The Morgan fingerprint density at radius 3 is 2.60 bits per heavy atom. The summed E-state index contributed by atoms with van der Waals surface area (Å²) >= 11 is 6.11. The zero-order valence-electron chi connectivity index (χ0n) is 10.9. The summed E-state index contributed by atoms with van der Waals surface area (Å²) in [5.41, 5.74) is 10.8. The van der Waals surface area contributed by atoms with Gasteiger partial charge >= 0.3 is 0 Å². The quantitative estimate of drug-likeness (QED) is 0.631. The number of hydrogen-bond acceptors (Lipinski definition) is 7. The van der Waals surface area contributed by atoms with Crippen molar-refractivity contribution in [3.8, 4) is 0 Å². The van der Waals surface area contributed by atoms with Crippen LogP contribution in [-0.2, 0) is 0 Å². The molecule has 0 aliphatic carbocycles. The van der Waals surface area contributed by atoms with E-state index in [1.54, 1.807) is 13.8 Å². The zero-order valence-corrected chi connectivity index (χ0v) is 11.6. The Labute approximate surface area is 119 Å². The molecule has 0 bridgehead atoms. The van der Waals surface area contributed by atoms with Crippen LogP contribution in [0.5, 0.6) is 0 Å². The van der Waals surface area contributed by atoms with Gasteiger partial charge in [0.25, 0.3) is 5.69 Å². The number of non-ortho nitro benzene ring substituents is 1. The van der Waals surface area contributed by atoms with Crippen molar-refractivity contribution >= 4 is 34.9 Å². The van der Waals surface area contributed by atoms with E-state index in [9.17, 15) is 10.1 Å². The zero-order chi connectivity index (χ0) is 15.1. The molecular weight excluding hydrogens is 284 g/mol. The van der Waals surface area contributed by atoms with Gasteiger partial charge < -0.3 is 11.5 Å². The molecule has 0 fully saturated rings. The number of nitro groups is 1. The van der Waals surface area contributed by atoms with E-state index in [1.807, 2.05) is 0 Å². The van der Waals surface area contributed by atoms with Gasteiger partial charge in [-0.05, 0) is 19.9 Å². The lowest BCUT2D eigenvalue weighted by Gasteiger charge is -2.38. The van der Waals surface area contributed by atoms with Gasteiger partial charge in [0.05, 0.1) is 15.6 Å². The number of nitro benzene ring substituents is 1. The first-order valence-corrected chi connectivity index (χ1v) is 6.04. The monoisotopic (exact) mass is 296 g/mol. The summed E-state index contributed by atoms with van der Waals surface area (Å²) in [6.45, 7) is 3.49. The number of aliphatic imine (C=N–C) groups is 2. The Morgan fingerprint density at radius 2 is 2.05 bits per heavy atom. The molecule has 1 heterocycles. The van der Waals surface area contributed by atoms with Gasteiger partial charge in [0.1, 0.15) is 5.66 Å². The van der Waals surface area contributed by atoms with Crippen molar-refractivity contribution in [1.29, 1.82) is 0 Å². The lowest BCUT2D eigenvalue weighted by Crippen LogP contribution is -2.54. The third kappa shape index (κ3) is 2.37. The Hall–Kier alpha value is -2.35. The maximum atomic E-state index is 10.9. The molecule has 20 heavy (non-hydrogen) atoms. The Kier molecular flexibility index (Phi) is 3.26. The highest BCUT2D eigenvalue weighted by molar-refractivity contribution is 6.34. The average molecular weight is 297 g/mol. The number of hydrogen-bond donors (Lipinski definition) is 2. The minimum absolute atomic E-state index is 0.0466. The highest BCUT2D eigenvalue weighted by Gasteiger charge is 2.34. The summed E-state index contributed by atoms with van der Waals surface area (Å²) in [5, 5.41) is 11.2. The average Bonchev–Trinajstić information content (AvgIpc) is 2.28. The molecule has 9 heteroatoms. The van der Waals surface area contributed by atoms with Gasteiger partial charge in [0, 0.05) is 12.1 Å². The van der Waals surface area contributed by atoms with Crippen LogP contribution in [0.15, 0.2) is 28.2 Å². The van der Waals surface area contributed by atoms with E-state index < -0.39 is 10.6 Å². The van der Waals surface area contributed by atoms with E-state index in [0.717, 1.165) is 0 Å². The van der Waals surface area contributed by atoms with Gasteiger partial charge in [0.15, 0.2) is 0 Å². The van der Waals surface area contributed by atoms with Crippen LogP contribution in [0.1, 0.15) is 13.8 Å². The molecule has 106 valence electrons. The fourth-order valence-corrected chi connectivity index (χ4v) is 2.21. The van der Waals surface area contributed by atoms with Crippen LogP contribution >= 0.6 is 11.6 Å². The molecule has 1 aromatic carbocycles. The molecule has 0 saturated heterocycles. The smallest absolute Gasteiger partial charge is 0.271 e. The molecule has 0 spiro atoms. The molecule has 1 aliphatic heterocycles. The molecule has 0 unspecified atom stereocenters. The normalized spacial score (nSPS) is 17.4. The molecule has 8 nitrogen and oxygen atoms in total. The lowest BCUT2D eigenvalue weighted by molar-refractivity contribution is -0.384. The van der Waals surface area contributed by atoms with Crippen LogP contribution in [0.25, 0.3) is 0 Å². The van der Waals surface area contributed by atoms with E-state index in [4.69, 9.17) is 23.1 Å². The summed E-state index contributed by atoms with van der Waals surface area (Å²) in [6.07, 6.45) is 0. The van der Waals surface area contributed by atoms with Gasteiger partial charge in [-0.25, -0.2) is 4.99 Å². The minimum Gasteiger partial charge on any atom is -0.369 e. The second-order valence-electron chi connectivity index (χ2n) is 4.66. The number of rotatable bonds is 2. The lowest BCUT2D eigenvalue weighted by atomic mass is 10.1. The van der Waals surface area contributed by atoms with Crippen molar-refractivity contribution in [2.24, 2.45) is 21.5 Å². The minimum atomic E-state index is -0.852. The number of nitrogens with two attached hydrogens (primary N) is 2. The predicted octanol–water partition coefficient (Wildman–Crippen LogP) is 1.43. The van der Waals surface area contributed by atoms with Gasteiger partial charge in [-0.1, -0.05) is 11.6 Å². The third-order valence-electron chi connectivity index (χ3n) is 2.78. The molecule has 4 N–H and O–H groups in total. The van der Waals surface area contributed by atoms with E-state index in [0.29, 0.717) is 10.7 Å². The van der Waals surface area contributed by atoms with Gasteiger partial charge in [-0.15, -0.1) is 0 Å². The first-order valence-electron chi connectivity index (χ1n) is 5.66.